The lowest BCUT2D eigenvalue weighted by atomic mass is 9.90. The largest absolute Gasteiger partial charge is 0.334 e. The van der Waals surface area contributed by atoms with Gasteiger partial charge >= 0.3 is 0 Å². The first kappa shape index (κ1) is 20.0. The van der Waals surface area contributed by atoms with E-state index in [0.717, 1.165) is 56.7 Å². The number of aromatic nitrogens is 4. The van der Waals surface area contributed by atoms with Gasteiger partial charge in [-0.15, -0.1) is 0 Å². The number of nitrogens with zero attached hydrogens (tertiary/aromatic N) is 5. The summed E-state index contributed by atoms with van der Waals surface area (Å²) in [6, 6.07) is 8.43. The van der Waals surface area contributed by atoms with Gasteiger partial charge in [-0.05, 0) is 50.4 Å². The number of piperidine rings is 1. The van der Waals surface area contributed by atoms with Crippen molar-refractivity contribution in [2.24, 2.45) is 7.05 Å². The average molecular weight is 419 g/mol. The van der Waals surface area contributed by atoms with Gasteiger partial charge in [0.05, 0.1) is 23.7 Å². The van der Waals surface area contributed by atoms with E-state index in [1.54, 1.807) is 6.20 Å². The molecule has 7 heteroatoms. The quantitative estimate of drug-likeness (QED) is 0.707. The fourth-order valence-electron chi connectivity index (χ4n) is 4.94. The molecule has 3 aromatic rings. The number of aromatic amines is 1. The molecule has 0 atom stereocenters. The Kier molecular flexibility index (Phi) is 5.36. The van der Waals surface area contributed by atoms with Gasteiger partial charge in [0.15, 0.2) is 0 Å². The van der Waals surface area contributed by atoms with E-state index >= 15 is 0 Å². The zero-order valence-corrected chi connectivity index (χ0v) is 18.3. The molecular weight excluding hydrogens is 388 g/mol. The molecule has 0 aliphatic carbocycles. The van der Waals surface area contributed by atoms with E-state index in [4.69, 9.17) is 0 Å². The minimum absolute atomic E-state index is 0.103. The number of likely N-dealkylation sites (tertiary alicyclic amines) is 1. The summed E-state index contributed by atoms with van der Waals surface area (Å²) in [4.78, 5) is 17.8. The maximum atomic E-state index is 13.3. The first-order valence-corrected chi connectivity index (χ1v) is 11.2. The second-order valence-corrected chi connectivity index (χ2v) is 8.87. The minimum atomic E-state index is 0.103. The molecule has 1 fully saturated rings. The van der Waals surface area contributed by atoms with Crippen LogP contribution in [-0.2, 0) is 26.6 Å². The van der Waals surface area contributed by atoms with Crippen LogP contribution >= 0.6 is 0 Å². The highest BCUT2D eigenvalue weighted by atomic mass is 16.2. The zero-order valence-electron chi connectivity index (χ0n) is 18.3. The summed E-state index contributed by atoms with van der Waals surface area (Å²) in [5.41, 5.74) is 6.90. The van der Waals surface area contributed by atoms with Gasteiger partial charge in [0.25, 0.3) is 5.91 Å². The molecule has 4 heterocycles. The lowest BCUT2D eigenvalue weighted by Gasteiger charge is -2.32. The molecule has 0 unspecified atom stereocenters. The molecule has 2 aliphatic heterocycles. The predicted molar refractivity (Wildman–Crippen MR) is 119 cm³/mol. The third kappa shape index (κ3) is 3.90. The maximum Gasteiger partial charge on any atom is 0.257 e. The summed E-state index contributed by atoms with van der Waals surface area (Å²) >= 11 is 0. The minimum Gasteiger partial charge on any atom is -0.334 e. The van der Waals surface area contributed by atoms with Gasteiger partial charge in [-0.25, -0.2) is 0 Å². The van der Waals surface area contributed by atoms with Gasteiger partial charge in [-0.1, -0.05) is 24.3 Å². The third-order valence-electron chi connectivity index (χ3n) is 7.04. The summed E-state index contributed by atoms with van der Waals surface area (Å²) in [6.45, 7) is 6.54. The monoisotopic (exact) mass is 418 g/mol. The van der Waals surface area contributed by atoms with Crippen LogP contribution in [0.3, 0.4) is 0 Å². The molecule has 5 rings (SSSR count). The number of carbonyl (C=O) groups is 1. The number of amides is 1. The molecular formula is C24H30N6O. The molecule has 0 bridgehead atoms. The number of aryl methyl sites for hydroxylation is 1. The second-order valence-electron chi connectivity index (χ2n) is 8.87. The lowest BCUT2D eigenvalue weighted by Crippen LogP contribution is -2.37. The molecule has 2 aliphatic rings. The smallest absolute Gasteiger partial charge is 0.257 e. The molecule has 1 aromatic carbocycles. The SMILES string of the molecule is Cc1c(CN2CCC(c3[nH]ncc3C(=O)N3CCc4ccccc4C3)CC2)cnn1C. The number of H-pyrrole nitrogens is 1. The molecule has 162 valence electrons. The van der Waals surface area contributed by atoms with E-state index in [-0.39, 0.29) is 5.91 Å². The Hall–Kier alpha value is -2.93. The highest BCUT2D eigenvalue weighted by Gasteiger charge is 2.29. The number of hydrogen-bond donors (Lipinski definition) is 1. The van der Waals surface area contributed by atoms with Crippen molar-refractivity contribution in [3.63, 3.8) is 0 Å². The molecule has 0 saturated carbocycles. The van der Waals surface area contributed by atoms with Crippen LogP contribution < -0.4 is 0 Å². The Balaban J connectivity index is 1.24. The van der Waals surface area contributed by atoms with Gasteiger partial charge in [0.2, 0.25) is 0 Å². The van der Waals surface area contributed by atoms with Crippen LogP contribution in [0.5, 0.6) is 0 Å². The molecule has 2 aromatic heterocycles. The van der Waals surface area contributed by atoms with E-state index in [2.05, 4.69) is 51.4 Å². The van der Waals surface area contributed by atoms with Crippen LogP contribution in [0.4, 0.5) is 0 Å². The molecule has 1 amide bonds. The summed E-state index contributed by atoms with van der Waals surface area (Å²) in [7, 11) is 1.99. The average Bonchev–Trinajstić information content (AvgIpc) is 3.41. The topological polar surface area (TPSA) is 70.1 Å². The number of hydrogen-bond acceptors (Lipinski definition) is 4. The summed E-state index contributed by atoms with van der Waals surface area (Å²) < 4.78 is 1.93. The third-order valence-corrected chi connectivity index (χ3v) is 7.04. The molecule has 1 N–H and O–H groups in total. The van der Waals surface area contributed by atoms with Gasteiger partial charge < -0.3 is 4.90 Å². The Bertz CT molecular complexity index is 1080. The van der Waals surface area contributed by atoms with Crippen molar-refractivity contribution >= 4 is 5.91 Å². The highest BCUT2D eigenvalue weighted by molar-refractivity contribution is 5.95. The standard InChI is InChI=1S/C24H30N6O/c1-17-21(13-26-28(17)2)15-29-10-7-19(8-11-29)23-22(14-25-27-23)24(31)30-12-9-18-5-3-4-6-20(18)16-30/h3-6,13-14,19H,7-12,15-16H2,1-2H3,(H,25,27). The Morgan fingerprint density at radius 3 is 2.65 bits per heavy atom. The van der Waals surface area contributed by atoms with Crippen molar-refractivity contribution in [3.8, 4) is 0 Å². The van der Waals surface area contributed by atoms with Crippen molar-refractivity contribution in [1.29, 1.82) is 0 Å². The number of nitrogens with one attached hydrogen (secondary N) is 1. The van der Waals surface area contributed by atoms with Crippen LogP contribution in [0.15, 0.2) is 36.7 Å². The number of fused-ring (bicyclic) bond motifs is 1. The lowest BCUT2D eigenvalue weighted by molar-refractivity contribution is 0.0732. The van der Waals surface area contributed by atoms with Gasteiger partial charge in [-0.3, -0.25) is 19.5 Å². The van der Waals surface area contributed by atoms with Crippen molar-refractivity contribution < 1.29 is 4.79 Å². The fourth-order valence-corrected chi connectivity index (χ4v) is 4.94. The molecule has 7 nitrogen and oxygen atoms in total. The van der Waals surface area contributed by atoms with E-state index in [0.29, 0.717) is 12.5 Å². The van der Waals surface area contributed by atoms with E-state index < -0.39 is 0 Å². The fraction of sp³-hybridized carbons (Fsp3) is 0.458. The first-order chi connectivity index (χ1) is 15.1. The van der Waals surface area contributed by atoms with Crippen molar-refractivity contribution in [1.82, 2.24) is 29.8 Å². The molecule has 1 saturated heterocycles. The number of carbonyl (C=O) groups excluding carboxylic acids is 1. The van der Waals surface area contributed by atoms with E-state index in [1.165, 1.54) is 22.4 Å². The first-order valence-electron chi connectivity index (χ1n) is 11.2. The summed E-state index contributed by atoms with van der Waals surface area (Å²) in [5.74, 6) is 0.455. The van der Waals surface area contributed by atoms with Crippen LogP contribution in [0, 0.1) is 6.92 Å². The van der Waals surface area contributed by atoms with Crippen LogP contribution in [-0.4, -0.2) is 55.3 Å². The van der Waals surface area contributed by atoms with Gasteiger partial charge in [0.1, 0.15) is 0 Å². The van der Waals surface area contributed by atoms with Crippen molar-refractivity contribution in [2.45, 2.75) is 45.2 Å². The van der Waals surface area contributed by atoms with Crippen LogP contribution in [0.1, 0.15) is 57.2 Å². The zero-order chi connectivity index (χ0) is 21.4. The Morgan fingerprint density at radius 2 is 1.90 bits per heavy atom. The van der Waals surface area contributed by atoms with Crippen molar-refractivity contribution in [2.75, 3.05) is 19.6 Å². The van der Waals surface area contributed by atoms with Gasteiger partial charge in [0, 0.05) is 43.9 Å². The van der Waals surface area contributed by atoms with Gasteiger partial charge in [-0.2, -0.15) is 10.2 Å². The summed E-state index contributed by atoms with van der Waals surface area (Å²) in [5, 5.41) is 11.8. The molecule has 31 heavy (non-hydrogen) atoms. The summed E-state index contributed by atoms with van der Waals surface area (Å²) in [6.07, 6.45) is 6.68. The second kappa shape index (κ2) is 8.30. The Labute approximate surface area is 183 Å². The number of rotatable bonds is 4. The normalized spacial score (nSPS) is 17.7. The van der Waals surface area contributed by atoms with Crippen molar-refractivity contribution in [3.05, 3.63) is 70.3 Å². The highest BCUT2D eigenvalue weighted by Crippen LogP contribution is 2.31. The molecule has 0 radical (unpaired) electrons. The van der Waals surface area contributed by atoms with E-state index in [1.807, 2.05) is 22.8 Å². The van der Waals surface area contributed by atoms with Crippen LogP contribution in [0.2, 0.25) is 0 Å². The maximum absolute atomic E-state index is 13.3. The molecule has 0 spiro atoms. The predicted octanol–water partition coefficient (Wildman–Crippen LogP) is 3.03. The Morgan fingerprint density at radius 1 is 1.13 bits per heavy atom. The van der Waals surface area contributed by atoms with Crippen LogP contribution in [0.25, 0.3) is 0 Å². The number of benzene rings is 1. The van der Waals surface area contributed by atoms with E-state index in [9.17, 15) is 4.79 Å².